The summed E-state index contributed by atoms with van der Waals surface area (Å²) in [6.45, 7) is 0.747. The third-order valence-corrected chi connectivity index (χ3v) is 5.43. The molecule has 9 heteroatoms. The Labute approximate surface area is 176 Å². The molecule has 1 saturated carbocycles. The highest BCUT2D eigenvalue weighted by Gasteiger charge is 2.61. The minimum absolute atomic E-state index is 0.0410. The normalized spacial score (nSPS) is 18.9. The molecule has 1 aliphatic heterocycles. The fraction of sp³-hybridized carbons (Fsp3) is 0.227. The second-order valence-corrected chi connectivity index (χ2v) is 7.68. The van der Waals surface area contributed by atoms with Crippen LogP contribution in [0.5, 0.6) is 0 Å². The van der Waals surface area contributed by atoms with Crippen molar-refractivity contribution in [3.8, 4) is 11.3 Å². The zero-order chi connectivity index (χ0) is 21.6. The van der Waals surface area contributed by atoms with Crippen molar-refractivity contribution in [3.05, 3.63) is 59.9 Å². The number of ketones is 1. The number of carbonyl (C=O) groups excluding carboxylic acids is 2. The van der Waals surface area contributed by atoms with Crippen LogP contribution in [0.2, 0.25) is 0 Å². The summed E-state index contributed by atoms with van der Waals surface area (Å²) >= 11 is 0. The molecule has 0 unspecified atom stereocenters. The Morgan fingerprint density at radius 3 is 2.68 bits per heavy atom. The van der Waals surface area contributed by atoms with Crippen LogP contribution in [0.4, 0.5) is 26.0 Å². The average Bonchev–Trinajstić information content (AvgIpc) is 3.24. The molecule has 0 spiro atoms. The molecule has 1 fully saturated rings. The molecule has 1 aromatic carbocycles. The van der Waals surface area contributed by atoms with Crippen LogP contribution in [0.15, 0.2) is 48.7 Å². The zero-order valence-electron chi connectivity index (χ0n) is 16.3. The first-order valence-corrected chi connectivity index (χ1v) is 9.88. The Hall–Kier alpha value is -3.59. The monoisotopic (exact) mass is 423 g/mol. The Morgan fingerprint density at radius 1 is 1.16 bits per heavy atom. The van der Waals surface area contributed by atoms with E-state index in [2.05, 4.69) is 25.9 Å². The Kier molecular flexibility index (Phi) is 4.55. The molecule has 2 aliphatic rings. The zero-order valence-corrected chi connectivity index (χ0v) is 16.3. The van der Waals surface area contributed by atoms with Crippen molar-refractivity contribution in [2.45, 2.75) is 18.9 Å². The molecule has 7 nitrogen and oxygen atoms in total. The largest absolute Gasteiger partial charge is 0.355 e. The summed E-state index contributed by atoms with van der Waals surface area (Å²) in [5.74, 6) is -4.87. The molecule has 4 N–H and O–H groups in total. The number of benzene rings is 1. The van der Waals surface area contributed by atoms with Crippen LogP contribution in [0, 0.1) is 5.92 Å². The quantitative estimate of drug-likeness (QED) is 0.502. The molecule has 0 bridgehead atoms. The lowest BCUT2D eigenvalue weighted by Gasteiger charge is -2.14. The van der Waals surface area contributed by atoms with Gasteiger partial charge in [0.25, 0.3) is 5.92 Å². The number of para-hydroxylation sites is 1. The summed E-state index contributed by atoms with van der Waals surface area (Å²) in [6.07, 6.45) is 1.05. The summed E-state index contributed by atoms with van der Waals surface area (Å²) in [4.78, 5) is 32.1. The molecule has 1 aliphatic carbocycles. The van der Waals surface area contributed by atoms with Gasteiger partial charge in [-0.05, 0) is 24.3 Å². The number of hydrogen-bond acceptors (Lipinski definition) is 5. The van der Waals surface area contributed by atoms with Crippen LogP contribution in [-0.2, 0) is 11.3 Å². The Morgan fingerprint density at radius 2 is 1.94 bits per heavy atom. The van der Waals surface area contributed by atoms with E-state index in [1.54, 1.807) is 12.1 Å². The fourth-order valence-corrected chi connectivity index (χ4v) is 3.75. The van der Waals surface area contributed by atoms with E-state index in [4.69, 9.17) is 0 Å². The van der Waals surface area contributed by atoms with Gasteiger partial charge in [-0.2, -0.15) is 0 Å². The lowest BCUT2D eigenvalue weighted by atomic mass is 10.0. The fourth-order valence-electron chi connectivity index (χ4n) is 3.75. The van der Waals surface area contributed by atoms with Crippen molar-refractivity contribution in [1.29, 1.82) is 0 Å². The van der Waals surface area contributed by atoms with Gasteiger partial charge in [-0.25, -0.2) is 13.8 Å². The number of Topliss-reactive ketones (excluding diaryl/α,β-unsaturated/α-hetero) is 1. The number of carbonyl (C=O) groups is 2. The summed E-state index contributed by atoms with van der Waals surface area (Å²) in [6, 6.07) is 12.8. The van der Waals surface area contributed by atoms with Gasteiger partial charge in [0.15, 0.2) is 5.78 Å². The van der Waals surface area contributed by atoms with E-state index >= 15 is 0 Å². The van der Waals surface area contributed by atoms with E-state index < -0.39 is 24.2 Å². The molecular weight excluding hydrogens is 404 g/mol. The lowest BCUT2D eigenvalue weighted by molar-refractivity contribution is -0.119. The molecular formula is C22H19F2N5O2. The van der Waals surface area contributed by atoms with Crippen LogP contribution in [0.3, 0.4) is 0 Å². The molecule has 2 aromatic heterocycles. The molecule has 3 aromatic rings. The van der Waals surface area contributed by atoms with Gasteiger partial charge in [0.05, 0.1) is 23.5 Å². The number of aromatic amines is 1. The minimum Gasteiger partial charge on any atom is -0.355 e. The summed E-state index contributed by atoms with van der Waals surface area (Å²) in [5, 5.41) is 8.85. The highest BCUT2D eigenvalue weighted by atomic mass is 19.3. The molecule has 0 saturated heterocycles. The highest BCUT2D eigenvalue weighted by molar-refractivity contribution is 6.08. The van der Waals surface area contributed by atoms with Gasteiger partial charge in [0.2, 0.25) is 5.91 Å². The average molecular weight is 423 g/mol. The van der Waals surface area contributed by atoms with Gasteiger partial charge in [0.1, 0.15) is 11.7 Å². The molecule has 158 valence electrons. The molecule has 5 rings (SSSR count). The third-order valence-electron chi connectivity index (χ3n) is 5.43. The van der Waals surface area contributed by atoms with Crippen LogP contribution >= 0.6 is 0 Å². The van der Waals surface area contributed by atoms with Gasteiger partial charge < -0.3 is 20.9 Å². The summed E-state index contributed by atoms with van der Waals surface area (Å²) < 4.78 is 26.4. The predicted molar refractivity (Wildman–Crippen MR) is 111 cm³/mol. The van der Waals surface area contributed by atoms with Crippen LogP contribution < -0.4 is 16.0 Å². The number of pyridine rings is 1. The van der Waals surface area contributed by atoms with Crippen LogP contribution in [-0.4, -0.2) is 34.1 Å². The number of anilines is 3. The molecule has 1 atom stereocenters. The molecule has 31 heavy (non-hydrogen) atoms. The first-order valence-electron chi connectivity index (χ1n) is 9.88. The van der Waals surface area contributed by atoms with Crippen molar-refractivity contribution in [3.63, 3.8) is 0 Å². The van der Waals surface area contributed by atoms with E-state index in [-0.39, 0.29) is 18.1 Å². The van der Waals surface area contributed by atoms with Crippen molar-refractivity contribution >= 4 is 28.9 Å². The smallest absolute Gasteiger partial charge is 0.260 e. The number of amides is 1. The van der Waals surface area contributed by atoms with Crippen molar-refractivity contribution in [2.24, 2.45) is 5.92 Å². The van der Waals surface area contributed by atoms with Gasteiger partial charge in [-0.1, -0.05) is 18.2 Å². The number of fused-ring (bicyclic) bond motifs is 1. The van der Waals surface area contributed by atoms with Crippen LogP contribution in [0.1, 0.15) is 22.5 Å². The first-order chi connectivity index (χ1) is 14.9. The summed E-state index contributed by atoms with van der Waals surface area (Å²) in [5.41, 5.74) is 4.09. The van der Waals surface area contributed by atoms with E-state index in [0.717, 1.165) is 11.4 Å². The summed E-state index contributed by atoms with van der Waals surface area (Å²) in [7, 11) is 0. The SMILES string of the molecule is O=C1CNCc2[nH]c(-c3ccnc(NC(=O)[C@H]4CC4(F)F)c3)c(Nc3ccccc3)c21. The Bertz CT molecular complexity index is 1180. The van der Waals surface area contributed by atoms with E-state index in [1.165, 1.54) is 6.20 Å². The Balaban J connectivity index is 1.51. The van der Waals surface area contributed by atoms with Gasteiger partial charge in [-0.15, -0.1) is 0 Å². The van der Waals surface area contributed by atoms with Crippen LogP contribution in [0.25, 0.3) is 11.3 Å². The first kappa shape index (κ1) is 19.4. The second kappa shape index (κ2) is 7.28. The number of hydrogen-bond donors (Lipinski definition) is 4. The molecule has 1 amide bonds. The maximum atomic E-state index is 13.2. The van der Waals surface area contributed by atoms with Crippen molar-refractivity contribution in [1.82, 2.24) is 15.3 Å². The maximum absolute atomic E-state index is 13.2. The number of nitrogens with zero attached hydrogens (tertiary/aromatic N) is 1. The van der Waals surface area contributed by atoms with Gasteiger partial charge in [0, 0.05) is 36.1 Å². The third kappa shape index (κ3) is 3.68. The number of nitrogens with one attached hydrogen (secondary N) is 4. The standard InChI is InChI=1S/C22H19F2N5O2/c23-22(24)9-14(22)21(31)29-17-8-12(6-7-26-17)19-20(27-13-4-2-1-3-5-13)18-15(28-19)10-25-11-16(18)30/h1-8,14,25,27-28H,9-11H2,(H,26,29,31)/t14-/m1/s1. The lowest BCUT2D eigenvalue weighted by Crippen LogP contribution is -2.29. The number of aromatic nitrogens is 2. The van der Waals surface area contributed by atoms with Gasteiger partial charge >= 0.3 is 0 Å². The van der Waals surface area contributed by atoms with E-state index in [1.807, 2.05) is 30.3 Å². The topological polar surface area (TPSA) is 98.9 Å². The molecule has 3 heterocycles. The van der Waals surface area contributed by atoms with Crippen molar-refractivity contribution < 1.29 is 18.4 Å². The van der Waals surface area contributed by atoms with Gasteiger partial charge in [-0.3, -0.25) is 9.59 Å². The van der Waals surface area contributed by atoms with E-state index in [9.17, 15) is 18.4 Å². The number of alkyl halides is 2. The maximum Gasteiger partial charge on any atom is 0.260 e. The predicted octanol–water partition coefficient (Wildman–Crippen LogP) is 3.70. The highest BCUT2D eigenvalue weighted by Crippen LogP contribution is 2.49. The number of H-pyrrole nitrogens is 1. The number of halogens is 2. The molecule has 0 radical (unpaired) electrons. The second-order valence-electron chi connectivity index (χ2n) is 7.68. The minimum atomic E-state index is -2.94. The van der Waals surface area contributed by atoms with E-state index in [0.29, 0.717) is 29.1 Å². The number of rotatable bonds is 5. The van der Waals surface area contributed by atoms with Crippen molar-refractivity contribution in [2.75, 3.05) is 17.2 Å².